The van der Waals surface area contributed by atoms with Crippen molar-refractivity contribution in [2.45, 2.75) is 32.2 Å². The maximum absolute atomic E-state index is 12.5. The summed E-state index contributed by atoms with van der Waals surface area (Å²) in [6.45, 7) is 2.46. The molecule has 2 aromatic rings. The van der Waals surface area contributed by atoms with E-state index in [1.807, 2.05) is 42.6 Å². The fourth-order valence-electron chi connectivity index (χ4n) is 3.25. The number of aryl methyl sites for hydroxylation is 1. The summed E-state index contributed by atoms with van der Waals surface area (Å²) in [7, 11) is 0. The molecular weight excluding hydrogens is 362 g/mol. The van der Waals surface area contributed by atoms with Gasteiger partial charge in [-0.3, -0.25) is 14.4 Å². The highest BCUT2D eigenvalue weighted by atomic mass is 32.1. The molecule has 7 heteroatoms. The number of anilines is 1. The lowest BCUT2D eigenvalue weighted by Crippen LogP contribution is -2.47. The van der Waals surface area contributed by atoms with Gasteiger partial charge in [0.15, 0.2) is 0 Å². The van der Waals surface area contributed by atoms with E-state index in [1.54, 1.807) is 11.0 Å². The van der Waals surface area contributed by atoms with Crippen LogP contribution in [0.4, 0.5) is 5.69 Å². The van der Waals surface area contributed by atoms with Crippen LogP contribution in [0.1, 0.15) is 35.0 Å². The van der Waals surface area contributed by atoms with E-state index in [4.69, 9.17) is 0 Å². The van der Waals surface area contributed by atoms with Crippen molar-refractivity contribution in [3.8, 4) is 0 Å². The van der Waals surface area contributed by atoms with Crippen LogP contribution < -0.4 is 10.6 Å². The molecule has 0 radical (unpaired) electrons. The number of benzene rings is 1. The first-order chi connectivity index (χ1) is 13.1. The van der Waals surface area contributed by atoms with Crippen molar-refractivity contribution in [2.24, 2.45) is 0 Å². The molecule has 1 aromatic heterocycles. The molecule has 142 valence electrons. The summed E-state index contributed by atoms with van der Waals surface area (Å²) in [4.78, 5) is 39.5. The van der Waals surface area contributed by atoms with Crippen LogP contribution in [-0.2, 0) is 16.0 Å². The molecule has 1 aliphatic heterocycles. The van der Waals surface area contributed by atoms with Gasteiger partial charge in [-0.2, -0.15) is 0 Å². The minimum absolute atomic E-state index is 0.117. The number of amides is 3. The van der Waals surface area contributed by atoms with E-state index < -0.39 is 6.04 Å². The maximum Gasteiger partial charge on any atom is 0.264 e. The number of thiophene rings is 1. The van der Waals surface area contributed by atoms with Gasteiger partial charge in [0.05, 0.1) is 11.4 Å². The summed E-state index contributed by atoms with van der Waals surface area (Å²) in [5.74, 6) is -0.682. The van der Waals surface area contributed by atoms with Crippen molar-refractivity contribution in [3.63, 3.8) is 0 Å². The van der Waals surface area contributed by atoms with Gasteiger partial charge in [-0.15, -0.1) is 11.3 Å². The summed E-state index contributed by atoms with van der Waals surface area (Å²) >= 11 is 1.37. The van der Waals surface area contributed by atoms with Gasteiger partial charge < -0.3 is 15.5 Å². The van der Waals surface area contributed by atoms with Gasteiger partial charge in [0.1, 0.15) is 6.04 Å². The zero-order chi connectivity index (χ0) is 19.2. The van der Waals surface area contributed by atoms with Gasteiger partial charge >= 0.3 is 0 Å². The average molecular weight is 385 g/mol. The third-order valence-electron chi connectivity index (χ3n) is 4.64. The second-order valence-electron chi connectivity index (χ2n) is 6.41. The van der Waals surface area contributed by atoms with Gasteiger partial charge in [-0.25, -0.2) is 0 Å². The van der Waals surface area contributed by atoms with E-state index in [-0.39, 0.29) is 24.3 Å². The van der Waals surface area contributed by atoms with E-state index in [2.05, 4.69) is 10.6 Å². The first-order valence-electron chi connectivity index (χ1n) is 9.10. The lowest BCUT2D eigenvalue weighted by atomic mass is 10.1. The number of hydrogen-bond acceptors (Lipinski definition) is 4. The van der Waals surface area contributed by atoms with Gasteiger partial charge in [0.25, 0.3) is 5.91 Å². The van der Waals surface area contributed by atoms with Crippen LogP contribution in [0.3, 0.4) is 0 Å². The first-order valence-corrected chi connectivity index (χ1v) is 9.98. The smallest absolute Gasteiger partial charge is 0.264 e. The highest BCUT2D eigenvalue weighted by molar-refractivity contribution is 7.12. The number of rotatable bonds is 6. The summed E-state index contributed by atoms with van der Waals surface area (Å²) in [5.41, 5.74) is 1.80. The highest BCUT2D eigenvalue weighted by Gasteiger charge is 2.34. The third-order valence-corrected chi connectivity index (χ3v) is 5.50. The van der Waals surface area contributed by atoms with Crippen LogP contribution in [0.5, 0.6) is 0 Å². The van der Waals surface area contributed by atoms with Crippen molar-refractivity contribution in [3.05, 3.63) is 52.2 Å². The van der Waals surface area contributed by atoms with Crippen molar-refractivity contribution in [2.75, 3.05) is 18.4 Å². The second kappa shape index (κ2) is 8.81. The molecule has 1 fully saturated rings. The molecule has 1 aromatic carbocycles. The molecule has 0 bridgehead atoms. The van der Waals surface area contributed by atoms with Crippen LogP contribution >= 0.6 is 11.3 Å². The molecule has 1 atom stereocenters. The maximum atomic E-state index is 12.5. The predicted octanol–water partition coefficient (Wildman–Crippen LogP) is 2.67. The van der Waals surface area contributed by atoms with E-state index in [1.165, 1.54) is 11.3 Å². The Hall–Kier alpha value is -2.67. The molecule has 27 heavy (non-hydrogen) atoms. The standard InChI is InChI=1S/C20H23N3O3S/c1-2-14-7-3-4-8-15(14)22-18(24)13-21-19(25)16-9-5-11-23(16)20(26)17-10-6-12-27-17/h3-4,6-8,10,12,16H,2,5,9,11,13H2,1H3,(H,21,25)(H,22,24). The molecule has 0 saturated carbocycles. The van der Waals surface area contributed by atoms with Crippen LogP contribution in [0, 0.1) is 0 Å². The molecule has 2 heterocycles. The summed E-state index contributed by atoms with van der Waals surface area (Å²) < 4.78 is 0. The number of carbonyl (C=O) groups is 3. The Morgan fingerprint density at radius 1 is 1.19 bits per heavy atom. The normalized spacial score (nSPS) is 16.2. The lowest BCUT2D eigenvalue weighted by molar-refractivity contribution is -0.127. The summed E-state index contributed by atoms with van der Waals surface area (Å²) in [6.07, 6.45) is 2.21. The molecule has 1 aliphatic rings. The second-order valence-corrected chi connectivity index (χ2v) is 7.36. The van der Waals surface area contributed by atoms with Gasteiger partial charge in [-0.1, -0.05) is 31.2 Å². The lowest BCUT2D eigenvalue weighted by Gasteiger charge is -2.23. The number of para-hydroxylation sites is 1. The largest absolute Gasteiger partial charge is 0.345 e. The van der Waals surface area contributed by atoms with Crippen LogP contribution in [-0.4, -0.2) is 41.8 Å². The molecule has 3 amide bonds. The molecule has 1 unspecified atom stereocenters. The van der Waals surface area contributed by atoms with Crippen molar-refractivity contribution in [1.82, 2.24) is 10.2 Å². The van der Waals surface area contributed by atoms with Gasteiger partial charge in [0.2, 0.25) is 11.8 Å². The Morgan fingerprint density at radius 2 is 2.00 bits per heavy atom. The molecular formula is C20H23N3O3S. The number of carbonyl (C=O) groups excluding carboxylic acids is 3. The minimum Gasteiger partial charge on any atom is -0.345 e. The summed E-state index contributed by atoms with van der Waals surface area (Å²) in [5, 5.41) is 7.35. The van der Waals surface area contributed by atoms with Crippen LogP contribution in [0.2, 0.25) is 0 Å². The average Bonchev–Trinajstić information content (AvgIpc) is 3.38. The Morgan fingerprint density at radius 3 is 2.74 bits per heavy atom. The summed E-state index contributed by atoms with van der Waals surface area (Å²) in [6, 6.07) is 10.7. The van der Waals surface area contributed by atoms with E-state index in [9.17, 15) is 14.4 Å². The Labute approximate surface area is 162 Å². The zero-order valence-corrected chi connectivity index (χ0v) is 16.1. The fourth-order valence-corrected chi connectivity index (χ4v) is 3.93. The van der Waals surface area contributed by atoms with Crippen LogP contribution in [0.15, 0.2) is 41.8 Å². The quantitative estimate of drug-likeness (QED) is 0.802. The monoisotopic (exact) mass is 385 g/mol. The van der Waals surface area contributed by atoms with Crippen molar-refractivity contribution < 1.29 is 14.4 Å². The predicted molar refractivity (Wildman–Crippen MR) is 106 cm³/mol. The minimum atomic E-state index is -0.518. The topological polar surface area (TPSA) is 78.5 Å². The van der Waals surface area contributed by atoms with E-state index in [0.717, 1.165) is 24.1 Å². The SMILES string of the molecule is CCc1ccccc1NC(=O)CNC(=O)C1CCCN1C(=O)c1cccs1. The first kappa shape index (κ1) is 19.1. The van der Waals surface area contributed by atoms with Crippen molar-refractivity contribution in [1.29, 1.82) is 0 Å². The third kappa shape index (κ3) is 4.54. The Bertz CT molecular complexity index is 820. The number of nitrogens with zero attached hydrogens (tertiary/aromatic N) is 1. The number of hydrogen-bond donors (Lipinski definition) is 2. The number of nitrogens with one attached hydrogen (secondary N) is 2. The molecule has 0 aliphatic carbocycles. The Balaban J connectivity index is 1.55. The van der Waals surface area contributed by atoms with Gasteiger partial charge in [-0.05, 0) is 42.3 Å². The highest BCUT2D eigenvalue weighted by Crippen LogP contribution is 2.22. The molecule has 2 N–H and O–H groups in total. The molecule has 0 spiro atoms. The van der Waals surface area contributed by atoms with E-state index >= 15 is 0 Å². The van der Waals surface area contributed by atoms with E-state index in [0.29, 0.717) is 17.8 Å². The Kier molecular flexibility index (Phi) is 6.24. The van der Waals surface area contributed by atoms with Crippen molar-refractivity contribution >= 4 is 34.7 Å². The fraction of sp³-hybridized carbons (Fsp3) is 0.350. The molecule has 3 rings (SSSR count). The number of likely N-dealkylation sites (tertiary alicyclic amines) is 1. The molecule has 1 saturated heterocycles. The zero-order valence-electron chi connectivity index (χ0n) is 15.2. The molecule has 6 nitrogen and oxygen atoms in total. The van der Waals surface area contributed by atoms with Crippen LogP contribution in [0.25, 0.3) is 0 Å². The van der Waals surface area contributed by atoms with Gasteiger partial charge in [0, 0.05) is 12.2 Å².